The first-order valence-corrected chi connectivity index (χ1v) is 6.79. The highest BCUT2D eigenvalue weighted by Gasteiger charge is 2.16. The van der Waals surface area contributed by atoms with Crippen LogP contribution in [0.2, 0.25) is 5.02 Å². The molecule has 1 aromatic rings. The van der Waals surface area contributed by atoms with Gasteiger partial charge in [-0.25, -0.2) is 0 Å². The lowest BCUT2D eigenvalue weighted by atomic mass is 10.2. The molecule has 1 fully saturated rings. The first-order chi connectivity index (χ1) is 8.74. The minimum Gasteiger partial charge on any atom is -0.493 e. The Morgan fingerprint density at radius 1 is 1.28 bits per heavy atom. The standard InChI is InChI=1S/C14H18ClNO2/c15-11-5-7-13(8-6-11)18-10-9-14(17)16-12-3-1-2-4-12/h5-8,12H,1-4,9-10H2,(H,16,17). The average Bonchev–Trinajstić information content (AvgIpc) is 2.84. The molecule has 1 saturated carbocycles. The van der Waals surface area contributed by atoms with Gasteiger partial charge in [-0.15, -0.1) is 0 Å². The molecule has 0 unspecified atom stereocenters. The van der Waals surface area contributed by atoms with E-state index in [1.807, 2.05) is 0 Å². The molecule has 98 valence electrons. The quantitative estimate of drug-likeness (QED) is 0.890. The zero-order chi connectivity index (χ0) is 12.8. The molecule has 0 bridgehead atoms. The van der Waals surface area contributed by atoms with Gasteiger partial charge >= 0.3 is 0 Å². The van der Waals surface area contributed by atoms with Crippen LogP contribution in [0.3, 0.4) is 0 Å². The number of rotatable bonds is 5. The van der Waals surface area contributed by atoms with E-state index in [1.54, 1.807) is 24.3 Å². The fraction of sp³-hybridized carbons (Fsp3) is 0.500. The lowest BCUT2D eigenvalue weighted by Crippen LogP contribution is -2.33. The van der Waals surface area contributed by atoms with Crippen LogP contribution < -0.4 is 10.1 Å². The minimum atomic E-state index is 0.0795. The second kappa shape index (κ2) is 6.64. The number of amides is 1. The molecule has 1 aromatic carbocycles. The fourth-order valence-electron chi connectivity index (χ4n) is 2.16. The van der Waals surface area contributed by atoms with Crippen molar-refractivity contribution in [2.45, 2.75) is 38.1 Å². The third kappa shape index (κ3) is 4.22. The van der Waals surface area contributed by atoms with Crippen LogP contribution in [-0.2, 0) is 4.79 Å². The lowest BCUT2D eigenvalue weighted by molar-refractivity contribution is -0.122. The summed E-state index contributed by atoms with van der Waals surface area (Å²) in [5.41, 5.74) is 0. The highest BCUT2D eigenvalue weighted by Crippen LogP contribution is 2.18. The maximum Gasteiger partial charge on any atom is 0.223 e. The van der Waals surface area contributed by atoms with Gasteiger partial charge in [-0.3, -0.25) is 4.79 Å². The van der Waals surface area contributed by atoms with E-state index in [9.17, 15) is 4.79 Å². The van der Waals surface area contributed by atoms with Crippen molar-refractivity contribution in [2.24, 2.45) is 0 Å². The second-order valence-corrected chi connectivity index (χ2v) is 5.04. The van der Waals surface area contributed by atoms with E-state index in [4.69, 9.17) is 16.3 Å². The normalized spacial score (nSPS) is 15.6. The highest BCUT2D eigenvalue weighted by atomic mass is 35.5. The summed E-state index contributed by atoms with van der Waals surface area (Å²) < 4.78 is 5.48. The molecule has 1 aliphatic carbocycles. The van der Waals surface area contributed by atoms with Crippen molar-refractivity contribution in [3.8, 4) is 5.75 Å². The van der Waals surface area contributed by atoms with Crippen LogP contribution in [0.25, 0.3) is 0 Å². The lowest BCUT2D eigenvalue weighted by Gasteiger charge is -2.12. The van der Waals surface area contributed by atoms with Crippen molar-refractivity contribution in [1.29, 1.82) is 0 Å². The molecule has 1 amide bonds. The summed E-state index contributed by atoms with van der Waals surface area (Å²) in [6.07, 6.45) is 5.09. The summed E-state index contributed by atoms with van der Waals surface area (Å²) in [5.74, 6) is 0.823. The van der Waals surface area contributed by atoms with Gasteiger partial charge in [0.2, 0.25) is 5.91 Å². The van der Waals surface area contributed by atoms with Crippen LogP contribution in [0, 0.1) is 0 Å². The first-order valence-electron chi connectivity index (χ1n) is 6.42. The molecule has 1 aliphatic rings. The zero-order valence-electron chi connectivity index (χ0n) is 10.3. The van der Waals surface area contributed by atoms with Gasteiger partial charge in [-0.1, -0.05) is 24.4 Å². The fourth-order valence-corrected chi connectivity index (χ4v) is 2.29. The van der Waals surface area contributed by atoms with Crippen molar-refractivity contribution >= 4 is 17.5 Å². The molecule has 0 saturated heterocycles. The number of hydrogen-bond donors (Lipinski definition) is 1. The van der Waals surface area contributed by atoms with Gasteiger partial charge in [0.1, 0.15) is 5.75 Å². The molecule has 0 aliphatic heterocycles. The van der Waals surface area contributed by atoms with E-state index >= 15 is 0 Å². The molecular formula is C14H18ClNO2. The van der Waals surface area contributed by atoms with Crippen LogP contribution >= 0.6 is 11.6 Å². The molecule has 0 radical (unpaired) electrons. The van der Waals surface area contributed by atoms with Crippen molar-refractivity contribution in [3.63, 3.8) is 0 Å². The molecule has 0 aromatic heterocycles. The number of ether oxygens (including phenoxy) is 1. The van der Waals surface area contributed by atoms with Gasteiger partial charge in [0, 0.05) is 11.1 Å². The smallest absolute Gasteiger partial charge is 0.223 e. The summed E-state index contributed by atoms with van der Waals surface area (Å²) in [6.45, 7) is 0.403. The van der Waals surface area contributed by atoms with Crippen LogP contribution in [0.4, 0.5) is 0 Å². The first kappa shape index (κ1) is 13.2. The summed E-state index contributed by atoms with van der Waals surface area (Å²) in [6, 6.07) is 7.53. The van der Waals surface area contributed by atoms with Gasteiger partial charge in [0.15, 0.2) is 0 Å². The average molecular weight is 268 g/mol. The third-order valence-corrected chi connectivity index (χ3v) is 3.38. The summed E-state index contributed by atoms with van der Waals surface area (Å²) >= 11 is 5.77. The number of carbonyl (C=O) groups is 1. The van der Waals surface area contributed by atoms with E-state index in [-0.39, 0.29) is 5.91 Å². The van der Waals surface area contributed by atoms with Gasteiger partial charge in [-0.2, -0.15) is 0 Å². The van der Waals surface area contributed by atoms with Gasteiger partial charge in [0.25, 0.3) is 0 Å². The Morgan fingerprint density at radius 3 is 2.61 bits per heavy atom. The van der Waals surface area contributed by atoms with Crippen molar-refractivity contribution in [3.05, 3.63) is 29.3 Å². The Labute approximate surface area is 112 Å². The van der Waals surface area contributed by atoms with Crippen LogP contribution in [0.1, 0.15) is 32.1 Å². The maximum atomic E-state index is 11.6. The second-order valence-electron chi connectivity index (χ2n) is 4.60. The van der Waals surface area contributed by atoms with Crippen molar-refractivity contribution < 1.29 is 9.53 Å². The Balaban J connectivity index is 1.65. The zero-order valence-corrected chi connectivity index (χ0v) is 11.1. The maximum absolute atomic E-state index is 11.6. The highest BCUT2D eigenvalue weighted by molar-refractivity contribution is 6.30. The number of hydrogen-bond acceptors (Lipinski definition) is 2. The number of nitrogens with one attached hydrogen (secondary N) is 1. The molecule has 0 atom stereocenters. The molecule has 18 heavy (non-hydrogen) atoms. The van der Waals surface area contributed by atoms with Crippen LogP contribution in [0.5, 0.6) is 5.75 Å². The molecule has 0 spiro atoms. The van der Waals surface area contributed by atoms with Crippen LogP contribution in [0.15, 0.2) is 24.3 Å². The Bertz CT molecular complexity index is 385. The van der Waals surface area contributed by atoms with Gasteiger partial charge < -0.3 is 10.1 Å². The molecule has 3 nitrogen and oxygen atoms in total. The number of carbonyl (C=O) groups excluding carboxylic acids is 1. The molecule has 4 heteroatoms. The topological polar surface area (TPSA) is 38.3 Å². The predicted octanol–water partition coefficient (Wildman–Crippen LogP) is 3.17. The van der Waals surface area contributed by atoms with Crippen molar-refractivity contribution in [2.75, 3.05) is 6.61 Å². The predicted molar refractivity (Wildman–Crippen MR) is 72.0 cm³/mol. The summed E-state index contributed by atoms with van der Waals surface area (Å²) in [5, 5.41) is 3.72. The molecule has 2 rings (SSSR count). The molecular weight excluding hydrogens is 250 g/mol. The Hall–Kier alpha value is -1.22. The minimum absolute atomic E-state index is 0.0795. The monoisotopic (exact) mass is 267 g/mol. The Kier molecular flexibility index (Phi) is 4.88. The third-order valence-electron chi connectivity index (χ3n) is 3.13. The molecule has 0 heterocycles. The summed E-state index contributed by atoms with van der Waals surface area (Å²) in [7, 11) is 0. The largest absolute Gasteiger partial charge is 0.493 e. The molecule has 1 N–H and O–H groups in total. The SMILES string of the molecule is O=C(CCOc1ccc(Cl)cc1)NC1CCCC1. The van der Waals surface area contributed by atoms with E-state index in [0.717, 1.165) is 18.6 Å². The van der Waals surface area contributed by atoms with Crippen LogP contribution in [-0.4, -0.2) is 18.6 Å². The Morgan fingerprint density at radius 2 is 1.94 bits per heavy atom. The summed E-state index contributed by atoms with van der Waals surface area (Å²) in [4.78, 5) is 11.6. The van der Waals surface area contributed by atoms with E-state index in [0.29, 0.717) is 24.1 Å². The van der Waals surface area contributed by atoms with E-state index in [1.165, 1.54) is 12.8 Å². The van der Waals surface area contributed by atoms with Gasteiger partial charge in [0.05, 0.1) is 13.0 Å². The van der Waals surface area contributed by atoms with Gasteiger partial charge in [-0.05, 0) is 37.1 Å². The number of benzene rings is 1. The van der Waals surface area contributed by atoms with E-state index in [2.05, 4.69) is 5.32 Å². The van der Waals surface area contributed by atoms with Crippen molar-refractivity contribution in [1.82, 2.24) is 5.32 Å². The number of halogens is 1. The van der Waals surface area contributed by atoms with E-state index < -0.39 is 0 Å².